The fourth-order valence-corrected chi connectivity index (χ4v) is 4.50. The second-order valence-corrected chi connectivity index (χ2v) is 8.61. The Morgan fingerprint density at radius 2 is 2.14 bits per heavy atom. The normalized spacial score (nSPS) is 11.3. The van der Waals surface area contributed by atoms with Gasteiger partial charge in [-0.2, -0.15) is 10.2 Å². The van der Waals surface area contributed by atoms with Gasteiger partial charge in [-0.25, -0.2) is 9.67 Å². The van der Waals surface area contributed by atoms with Crippen LogP contribution in [0.5, 0.6) is 0 Å². The van der Waals surface area contributed by atoms with Gasteiger partial charge in [0.05, 0.1) is 27.8 Å². The Hall–Kier alpha value is -2.52. The maximum absolute atomic E-state index is 12.9. The van der Waals surface area contributed by atoms with Crippen molar-refractivity contribution in [2.75, 3.05) is 7.05 Å². The van der Waals surface area contributed by atoms with Crippen molar-refractivity contribution in [2.45, 2.75) is 33.5 Å². The Morgan fingerprint density at radius 1 is 1.31 bits per heavy atom. The molecule has 4 heterocycles. The van der Waals surface area contributed by atoms with Crippen LogP contribution in [0.4, 0.5) is 0 Å². The smallest absolute Gasteiger partial charge is 0.244 e. The summed E-state index contributed by atoms with van der Waals surface area (Å²) < 4.78 is 4.44. The molecule has 29 heavy (non-hydrogen) atoms. The van der Waals surface area contributed by atoms with Crippen molar-refractivity contribution in [1.29, 1.82) is 0 Å². The van der Waals surface area contributed by atoms with E-state index in [1.54, 1.807) is 34.2 Å². The first-order valence-corrected chi connectivity index (χ1v) is 11.0. The number of rotatable bonds is 6. The summed E-state index contributed by atoms with van der Waals surface area (Å²) in [6, 6.07) is 6.12. The fourth-order valence-electron chi connectivity index (χ4n) is 3.30. The van der Waals surface area contributed by atoms with Crippen molar-refractivity contribution >= 4 is 44.2 Å². The van der Waals surface area contributed by atoms with Gasteiger partial charge >= 0.3 is 0 Å². The van der Waals surface area contributed by atoms with Gasteiger partial charge in [0.25, 0.3) is 0 Å². The third-order valence-corrected chi connectivity index (χ3v) is 6.37. The number of aromatic nitrogens is 5. The first-order chi connectivity index (χ1) is 14.0. The number of pyridine rings is 1. The van der Waals surface area contributed by atoms with Crippen molar-refractivity contribution in [3.8, 4) is 10.4 Å². The van der Waals surface area contributed by atoms with Crippen LogP contribution in [0.3, 0.4) is 0 Å². The van der Waals surface area contributed by atoms with E-state index in [1.165, 1.54) is 4.88 Å². The number of hydrogen-bond donors (Lipinski definition) is 0. The van der Waals surface area contributed by atoms with Crippen molar-refractivity contribution in [2.24, 2.45) is 0 Å². The number of halogens is 1. The first-order valence-electron chi connectivity index (χ1n) is 9.29. The fraction of sp³-hybridized carbons (Fsp3) is 0.300. The Bertz CT molecular complexity index is 1160. The Morgan fingerprint density at radius 3 is 2.83 bits per heavy atom. The lowest BCUT2D eigenvalue weighted by atomic mass is 10.1. The molecule has 0 aliphatic carbocycles. The van der Waals surface area contributed by atoms with E-state index in [0.29, 0.717) is 6.54 Å². The summed E-state index contributed by atoms with van der Waals surface area (Å²) in [4.78, 5) is 20.2. The van der Waals surface area contributed by atoms with Gasteiger partial charge in [-0.05, 0) is 47.3 Å². The molecule has 0 N–H and O–H groups in total. The minimum Gasteiger partial charge on any atom is -0.338 e. The SMILES string of the molecule is CCn1cc(Br)c(CN(C)C(=O)Cn2nc(C)c3c(-c4cccs4)ccnc32)n1. The number of carbonyl (C=O) groups excluding carboxylic acids is 1. The van der Waals surface area contributed by atoms with E-state index in [-0.39, 0.29) is 12.5 Å². The predicted octanol–water partition coefficient (Wildman–Crippen LogP) is 4.11. The summed E-state index contributed by atoms with van der Waals surface area (Å²) >= 11 is 5.20. The molecule has 9 heteroatoms. The van der Waals surface area contributed by atoms with Gasteiger partial charge in [0.15, 0.2) is 5.65 Å². The van der Waals surface area contributed by atoms with Crippen molar-refractivity contribution < 1.29 is 4.79 Å². The number of fused-ring (bicyclic) bond motifs is 1. The van der Waals surface area contributed by atoms with Crippen molar-refractivity contribution in [1.82, 2.24) is 29.4 Å². The topological polar surface area (TPSA) is 68.8 Å². The summed E-state index contributed by atoms with van der Waals surface area (Å²) in [5, 5.41) is 12.1. The van der Waals surface area contributed by atoms with Crippen molar-refractivity contribution in [3.05, 3.63) is 51.8 Å². The number of hydrogen-bond acceptors (Lipinski definition) is 5. The Labute approximate surface area is 181 Å². The van der Waals surface area contributed by atoms with Crippen LogP contribution in [0.25, 0.3) is 21.5 Å². The highest BCUT2D eigenvalue weighted by Crippen LogP contribution is 2.32. The molecule has 0 fully saturated rings. The maximum Gasteiger partial charge on any atom is 0.244 e. The van der Waals surface area contributed by atoms with Crippen LogP contribution < -0.4 is 0 Å². The van der Waals surface area contributed by atoms with E-state index < -0.39 is 0 Å². The molecule has 0 bridgehead atoms. The highest BCUT2D eigenvalue weighted by atomic mass is 79.9. The van der Waals surface area contributed by atoms with E-state index in [0.717, 1.165) is 39.0 Å². The molecule has 0 atom stereocenters. The molecule has 7 nitrogen and oxygen atoms in total. The molecule has 4 aromatic heterocycles. The van der Waals surface area contributed by atoms with Crippen LogP contribution in [-0.2, 0) is 24.4 Å². The summed E-state index contributed by atoms with van der Waals surface area (Å²) in [5.74, 6) is -0.0457. The largest absolute Gasteiger partial charge is 0.338 e. The molecule has 0 aliphatic rings. The lowest BCUT2D eigenvalue weighted by Gasteiger charge is -2.16. The first kappa shape index (κ1) is 19.8. The zero-order chi connectivity index (χ0) is 20.5. The number of nitrogens with zero attached hydrogens (tertiary/aromatic N) is 6. The van der Waals surface area contributed by atoms with Crippen LogP contribution in [0, 0.1) is 6.92 Å². The maximum atomic E-state index is 12.9. The van der Waals surface area contributed by atoms with E-state index in [1.807, 2.05) is 36.9 Å². The number of amides is 1. The van der Waals surface area contributed by atoms with Gasteiger partial charge in [0, 0.05) is 36.4 Å². The zero-order valence-corrected chi connectivity index (χ0v) is 18.9. The molecular weight excluding hydrogens is 452 g/mol. The minimum atomic E-state index is -0.0457. The van der Waals surface area contributed by atoms with Crippen LogP contribution >= 0.6 is 27.3 Å². The summed E-state index contributed by atoms with van der Waals surface area (Å²) in [6.07, 6.45) is 3.70. The molecular formula is C20H21BrN6OS. The molecule has 0 aromatic carbocycles. The molecule has 4 rings (SSSR count). The second-order valence-electron chi connectivity index (χ2n) is 6.81. The van der Waals surface area contributed by atoms with Crippen LogP contribution in [0.1, 0.15) is 18.3 Å². The minimum absolute atomic E-state index is 0.0457. The van der Waals surface area contributed by atoms with Gasteiger partial charge in [0.1, 0.15) is 6.54 Å². The van der Waals surface area contributed by atoms with E-state index in [4.69, 9.17) is 0 Å². The van der Waals surface area contributed by atoms with Gasteiger partial charge in [-0.3, -0.25) is 9.48 Å². The quantitative estimate of drug-likeness (QED) is 0.423. The number of carbonyl (C=O) groups is 1. The highest BCUT2D eigenvalue weighted by Gasteiger charge is 2.19. The molecule has 0 unspecified atom stereocenters. The molecule has 0 spiro atoms. The predicted molar refractivity (Wildman–Crippen MR) is 118 cm³/mol. The molecule has 0 saturated heterocycles. The van der Waals surface area contributed by atoms with Gasteiger partial charge in [-0.15, -0.1) is 11.3 Å². The molecule has 1 amide bonds. The third kappa shape index (κ3) is 3.84. The Balaban J connectivity index is 1.58. The summed E-state index contributed by atoms with van der Waals surface area (Å²) in [6.45, 7) is 5.33. The monoisotopic (exact) mass is 472 g/mol. The van der Waals surface area contributed by atoms with E-state index in [9.17, 15) is 4.79 Å². The number of thiophene rings is 1. The second kappa shape index (κ2) is 8.08. The van der Waals surface area contributed by atoms with Crippen LogP contribution in [0.15, 0.2) is 40.4 Å². The molecule has 0 saturated carbocycles. The van der Waals surface area contributed by atoms with Gasteiger partial charge in [-0.1, -0.05) is 6.07 Å². The van der Waals surface area contributed by atoms with Crippen LogP contribution in [0.2, 0.25) is 0 Å². The molecule has 4 aromatic rings. The number of aryl methyl sites for hydroxylation is 2. The van der Waals surface area contributed by atoms with Crippen LogP contribution in [-0.4, -0.2) is 42.4 Å². The molecule has 150 valence electrons. The van der Waals surface area contributed by atoms with Gasteiger partial charge < -0.3 is 4.90 Å². The molecule has 0 radical (unpaired) electrons. The number of likely N-dealkylation sites (N-methyl/N-ethyl adjacent to an activating group) is 1. The molecule has 0 aliphatic heterocycles. The van der Waals surface area contributed by atoms with E-state index in [2.05, 4.69) is 42.6 Å². The Kier molecular flexibility index (Phi) is 5.51. The highest BCUT2D eigenvalue weighted by molar-refractivity contribution is 9.10. The standard InChI is InChI=1S/C20H21BrN6OS/c1-4-26-10-15(21)16(24-26)11-25(3)18(28)12-27-20-19(13(2)23-27)14(7-8-22-20)17-6-5-9-29-17/h5-10H,4,11-12H2,1-3H3. The average Bonchev–Trinajstić information content (AvgIpc) is 3.43. The average molecular weight is 473 g/mol. The summed E-state index contributed by atoms with van der Waals surface area (Å²) in [7, 11) is 1.78. The van der Waals surface area contributed by atoms with Crippen molar-refractivity contribution in [3.63, 3.8) is 0 Å². The van der Waals surface area contributed by atoms with E-state index >= 15 is 0 Å². The third-order valence-electron chi connectivity index (χ3n) is 4.80. The zero-order valence-electron chi connectivity index (χ0n) is 16.5. The lowest BCUT2D eigenvalue weighted by Crippen LogP contribution is -2.30. The summed E-state index contributed by atoms with van der Waals surface area (Å²) in [5.41, 5.74) is 3.54. The lowest BCUT2D eigenvalue weighted by molar-refractivity contribution is -0.131. The van der Waals surface area contributed by atoms with Gasteiger partial charge in [0.2, 0.25) is 5.91 Å².